The second-order valence-corrected chi connectivity index (χ2v) is 7.80. The number of rotatable bonds is 10. The number of hydrogen-bond acceptors (Lipinski definition) is 6. The number of morpholine rings is 1. The van der Waals surface area contributed by atoms with E-state index in [4.69, 9.17) is 9.47 Å². The predicted octanol–water partition coefficient (Wildman–Crippen LogP) is 1.12. The van der Waals surface area contributed by atoms with E-state index in [2.05, 4.69) is 15.5 Å². The molecule has 2 heterocycles. The summed E-state index contributed by atoms with van der Waals surface area (Å²) in [5.74, 6) is -0.0267. The summed E-state index contributed by atoms with van der Waals surface area (Å²) < 4.78 is 11.3. The number of nitrogens with zero attached hydrogens (tertiary/aromatic N) is 2. The first-order chi connectivity index (χ1) is 15.0. The van der Waals surface area contributed by atoms with E-state index in [-0.39, 0.29) is 19.0 Å². The van der Waals surface area contributed by atoms with Crippen LogP contribution < -0.4 is 15.4 Å². The fourth-order valence-corrected chi connectivity index (χ4v) is 3.84. The average molecular weight is 433 g/mol. The highest BCUT2D eigenvalue weighted by molar-refractivity contribution is 6.08. The molecule has 2 aliphatic heterocycles. The fraction of sp³-hybridized carbons (Fsp3) is 0.591. The van der Waals surface area contributed by atoms with Gasteiger partial charge in [-0.15, -0.1) is 0 Å². The summed E-state index contributed by atoms with van der Waals surface area (Å²) in [4.78, 5) is 40.6. The molecule has 0 radical (unpaired) electrons. The summed E-state index contributed by atoms with van der Waals surface area (Å²) in [7, 11) is 0. The van der Waals surface area contributed by atoms with Gasteiger partial charge in [-0.2, -0.15) is 0 Å². The number of carbonyl (C=O) groups excluding carboxylic acids is 3. The third kappa shape index (κ3) is 5.54. The van der Waals surface area contributed by atoms with Crippen LogP contribution in [0, 0.1) is 0 Å². The van der Waals surface area contributed by atoms with Crippen LogP contribution in [0.3, 0.4) is 0 Å². The van der Waals surface area contributed by atoms with E-state index in [0.29, 0.717) is 25.2 Å². The second kappa shape index (κ2) is 10.6. The first kappa shape index (κ1) is 23.0. The van der Waals surface area contributed by atoms with Crippen molar-refractivity contribution in [3.8, 4) is 5.75 Å². The van der Waals surface area contributed by atoms with E-state index in [9.17, 15) is 14.4 Å². The van der Waals surface area contributed by atoms with Crippen molar-refractivity contribution >= 4 is 17.8 Å². The number of nitrogens with one attached hydrogen (secondary N) is 2. The van der Waals surface area contributed by atoms with Gasteiger partial charge in [-0.3, -0.25) is 19.4 Å². The molecule has 2 saturated heterocycles. The molecule has 0 unspecified atom stereocenters. The van der Waals surface area contributed by atoms with Crippen LogP contribution in [0.15, 0.2) is 24.3 Å². The SMILES string of the molecule is CCC1(CC)NC(=O)N(CC(=O)NCc2ccccc2OCCN2CCOCC2)C1=O. The standard InChI is InChI=1S/C22H32N4O5/c1-3-22(4-2)20(28)26(21(29)24-22)16-19(27)23-15-17-7-5-6-8-18(17)31-14-11-25-9-12-30-13-10-25/h5-8H,3-4,9-16H2,1-2H3,(H,23,27)(H,24,29). The van der Waals surface area contributed by atoms with E-state index in [0.717, 1.165) is 43.3 Å². The van der Waals surface area contributed by atoms with Crippen molar-refractivity contribution in [3.05, 3.63) is 29.8 Å². The van der Waals surface area contributed by atoms with Gasteiger partial charge in [-0.05, 0) is 18.9 Å². The molecule has 2 fully saturated rings. The van der Waals surface area contributed by atoms with Gasteiger partial charge >= 0.3 is 6.03 Å². The van der Waals surface area contributed by atoms with E-state index in [1.807, 2.05) is 38.1 Å². The Morgan fingerprint density at radius 2 is 1.90 bits per heavy atom. The second-order valence-electron chi connectivity index (χ2n) is 7.80. The van der Waals surface area contributed by atoms with Crippen molar-refractivity contribution in [2.45, 2.75) is 38.8 Å². The average Bonchev–Trinajstić information content (AvgIpc) is 3.03. The topological polar surface area (TPSA) is 100 Å². The van der Waals surface area contributed by atoms with Crippen LogP contribution >= 0.6 is 0 Å². The quantitative estimate of drug-likeness (QED) is 0.538. The van der Waals surface area contributed by atoms with E-state index < -0.39 is 17.5 Å². The number of ether oxygens (including phenoxy) is 2. The zero-order valence-electron chi connectivity index (χ0n) is 18.3. The Labute approximate surface area is 183 Å². The molecule has 9 heteroatoms. The molecule has 2 aliphatic rings. The van der Waals surface area contributed by atoms with E-state index in [1.165, 1.54) is 0 Å². The minimum Gasteiger partial charge on any atom is -0.492 e. The van der Waals surface area contributed by atoms with Crippen molar-refractivity contribution in [3.63, 3.8) is 0 Å². The Morgan fingerprint density at radius 3 is 2.58 bits per heavy atom. The van der Waals surface area contributed by atoms with Crippen LogP contribution in [0.4, 0.5) is 4.79 Å². The Bertz CT molecular complexity index is 790. The molecule has 0 saturated carbocycles. The Morgan fingerprint density at radius 1 is 1.19 bits per heavy atom. The molecule has 31 heavy (non-hydrogen) atoms. The fourth-order valence-electron chi connectivity index (χ4n) is 3.84. The maximum atomic E-state index is 12.6. The minimum atomic E-state index is -0.904. The van der Waals surface area contributed by atoms with Crippen LogP contribution in [-0.4, -0.2) is 79.2 Å². The Kier molecular flexibility index (Phi) is 7.86. The molecule has 0 bridgehead atoms. The van der Waals surface area contributed by atoms with Crippen molar-refractivity contribution < 1.29 is 23.9 Å². The van der Waals surface area contributed by atoms with Gasteiger partial charge < -0.3 is 20.1 Å². The molecule has 3 rings (SSSR count). The number of imide groups is 1. The molecule has 0 spiro atoms. The molecule has 4 amide bonds. The first-order valence-electron chi connectivity index (χ1n) is 10.9. The lowest BCUT2D eigenvalue weighted by molar-refractivity contribution is -0.135. The van der Waals surface area contributed by atoms with Crippen LogP contribution in [0.2, 0.25) is 0 Å². The molecule has 0 atom stereocenters. The molecule has 0 aromatic heterocycles. The van der Waals surface area contributed by atoms with Crippen LogP contribution in [-0.2, 0) is 20.9 Å². The zero-order chi connectivity index (χ0) is 22.3. The summed E-state index contributed by atoms with van der Waals surface area (Å²) in [5.41, 5.74) is -0.0651. The maximum Gasteiger partial charge on any atom is 0.325 e. The Hall–Kier alpha value is -2.65. The summed E-state index contributed by atoms with van der Waals surface area (Å²) in [6.45, 7) is 8.31. The zero-order valence-corrected chi connectivity index (χ0v) is 18.3. The van der Waals surface area contributed by atoms with Crippen LogP contribution in [0.5, 0.6) is 5.75 Å². The number of benzene rings is 1. The van der Waals surface area contributed by atoms with E-state index >= 15 is 0 Å². The van der Waals surface area contributed by atoms with Gasteiger partial charge in [0.05, 0.1) is 13.2 Å². The molecule has 0 aliphatic carbocycles. The Balaban J connectivity index is 1.50. The van der Waals surface area contributed by atoms with Gasteiger partial charge in [0, 0.05) is 31.7 Å². The monoisotopic (exact) mass is 432 g/mol. The molecule has 170 valence electrons. The normalized spacial score (nSPS) is 18.7. The van der Waals surface area contributed by atoms with Gasteiger partial charge in [-0.1, -0.05) is 32.0 Å². The predicted molar refractivity (Wildman–Crippen MR) is 115 cm³/mol. The highest BCUT2D eigenvalue weighted by Crippen LogP contribution is 2.24. The van der Waals surface area contributed by atoms with Crippen molar-refractivity contribution in [1.82, 2.24) is 20.4 Å². The molecular weight excluding hydrogens is 400 g/mol. The van der Waals surface area contributed by atoms with Gasteiger partial charge in [0.25, 0.3) is 5.91 Å². The minimum absolute atomic E-state index is 0.253. The van der Waals surface area contributed by atoms with Crippen molar-refractivity contribution in [2.75, 3.05) is 46.0 Å². The lowest BCUT2D eigenvalue weighted by atomic mass is 9.93. The summed E-state index contributed by atoms with van der Waals surface area (Å²) in [6.07, 6.45) is 0.975. The smallest absolute Gasteiger partial charge is 0.325 e. The highest BCUT2D eigenvalue weighted by atomic mass is 16.5. The van der Waals surface area contributed by atoms with Gasteiger partial charge in [0.2, 0.25) is 5.91 Å². The lowest BCUT2D eigenvalue weighted by Crippen LogP contribution is -2.46. The highest BCUT2D eigenvalue weighted by Gasteiger charge is 2.49. The first-order valence-corrected chi connectivity index (χ1v) is 10.9. The summed E-state index contributed by atoms with van der Waals surface area (Å²) in [6, 6.07) is 7.00. The number of carbonyl (C=O) groups is 3. The van der Waals surface area contributed by atoms with Gasteiger partial charge in [0.1, 0.15) is 24.4 Å². The van der Waals surface area contributed by atoms with Gasteiger partial charge in [-0.25, -0.2) is 4.79 Å². The summed E-state index contributed by atoms with van der Waals surface area (Å²) in [5, 5.41) is 5.52. The number of amides is 4. The van der Waals surface area contributed by atoms with Crippen LogP contribution in [0.1, 0.15) is 32.3 Å². The van der Waals surface area contributed by atoms with Crippen molar-refractivity contribution in [2.24, 2.45) is 0 Å². The number of hydrogen-bond donors (Lipinski definition) is 2. The third-order valence-corrected chi connectivity index (χ3v) is 5.97. The third-order valence-electron chi connectivity index (χ3n) is 5.97. The molecular formula is C22H32N4O5. The van der Waals surface area contributed by atoms with Crippen molar-refractivity contribution in [1.29, 1.82) is 0 Å². The number of urea groups is 1. The van der Waals surface area contributed by atoms with Gasteiger partial charge in [0.15, 0.2) is 0 Å². The van der Waals surface area contributed by atoms with Crippen LogP contribution in [0.25, 0.3) is 0 Å². The summed E-state index contributed by atoms with van der Waals surface area (Å²) >= 11 is 0. The number of para-hydroxylation sites is 1. The largest absolute Gasteiger partial charge is 0.492 e. The lowest BCUT2D eigenvalue weighted by Gasteiger charge is -2.26. The molecule has 9 nitrogen and oxygen atoms in total. The molecule has 1 aromatic carbocycles. The molecule has 1 aromatic rings. The molecule has 2 N–H and O–H groups in total. The van der Waals surface area contributed by atoms with E-state index in [1.54, 1.807) is 0 Å². The maximum absolute atomic E-state index is 12.6.